The molecule has 2 aromatic carbocycles. The quantitative estimate of drug-likeness (QED) is 0.228. The average Bonchev–Trinajstić information content (AvgIpc) is 3.45. The van der Waals surface area contributed by atoms with Crippen molar-refractivity contribution in [3.05, 3.63) is 95.8 Å². The van der Waals surface area contributed by atoms with Crippen molar-refractivity contribution >= 4 is 23.3 Å². The molecule has 220 valence electrons. The first-order chi connectivity index (χ1) is 20.5. The number of amides is 1. The smallest absolute Gasteiger partial charge is 0.323 e. The number of likely N-dealkylation sites (tertiary alicyclic amines) is 1. The van der Waals surface area contributed by atoms with E-state index in [1.54, 1.807) is 23.7 Å². The van der Waals surface area contributed by atoms with Crippen LogP contribution in [0.4, 0.5) is 5.82 Å². The van der Waals surface area contributed by atoms with Gasteiger partial charge >= 0.3 is 5.97 Å². The normalized spacial score (nSPS) is 14.3. The van der Waals surface area contributed by atoms with Crippen LogP contribution in [0.3, 0.4) is 0 Å². The second-order valence-electron chi connectivity index (χ2n) is 10.5. The molecular weight excluding hydrogens is 532 g/mol. The summed E-state index contributed by atoms with van der Waals surface area (Å²) in [6, 6.07) is 24.5. The molecule has 10 heteroatoms. The Labute approximate surface area is 245 Å². The number of rotatable bonds is 13. The van der Waals surface area contributed by atoms with Crippen molar-refractivity contribution in [2.75, 3.05) is 44.6 Å². The van der Waals surface area contributed by atoms with E-state index in [4.69, 9.17) is 9.84 Å². The van der Waals surface area contributed by atoms with Gasteiger partial charge in [-0.2, -0.15) is 0 Å². The van der Waals surface area contributed by atoms with Crippen LogP contribution in [0.25, 0.3) is 5.65 Å². The highest BCUT2D eigenvalue weighted by molar-refractivity contribution is 5.94. The van der Waals surface area contributed by atoms with Gasteiger partial charge in [0.05, 0.1) is 12.3 Å². The van der Waals surface area contributed by atoms with Crippen LogP contribution in [-0.2, 0) is 9.53 Å². The number of benzene rings is 2. The van der Waals surface area contributed by atoms with Gasteiger partial charge in [0.15, 0.2) is 5.65 Å². The standard InChI is InChI=1S/C32H38N6O4/c1-2-37(23-30(39)40)32(41)27-22-38-29(34-27)15-14-28(35-38)33-18-9-19-36-20-16-26(17-21-36)42-31(24-10-5-3-6-11-24)25-12-7-4-8-13-25/h3-8,10-15,22,26,31H,2,9,16-21,23H2,1H3,(H,33,35)(H,39,40). The molecule has 0 unspecified atom stereocenters. The third-order valence-electron chi connectivity index (χ3n) is 7.56. The van der Waals surface area contributed by atoms with Gasteiger partial charge in [-0.25, -0.2) is 9.50 Å². The first-order valence-electron chi connectivity index (χ1n) is 14.6. The summed E-state index contributed by atoms with van der Waals surface area (Å²) in [7, 11) is 0. The third kappa shape index (κ3) is 7.51. The lowest BCUT2D eigenvalue weighted by molar-refractivity contribution is -0.137. The Balaban J connectivity index is 1.07. The fourth-order valence-electron chi connectivity index (χ4n) is 5.32. The summed E-state index contributed by atoms with van der Waals surface area (Å²) < 4.78 is 8.23. The fraction of sp³-hybridized carbons (Fsp3) is 0.375. The lowest BCUT2D eigenvalue weighted by Gasteiger charge is -2.34. The number of carboxylic acids is 1. The van der Waals surface area contributed by atoms with E-state index in [0.717, 1.165) is 45.4 Å². The number of imidazole rings is 1. The number of ether oxygens (including phenoxy) is 1. The first-order valence-corrected chi connectivity index (χ1v) is 14.6. The third-order valence-corrected chi connectivity index (χ3v) is 7.56. The number of piperidine rings is 1. The minimum Gasteiger partial charge on any atom is -0.480 e. The number of anilines is 1. The zero-order valence-electron chi connectivity index (χ0n) is 23.9. The van der Waals surface area contributed by atoms with Crippen LogP contribution in [-0.4, -0.2) is 86.8 Å². The van der Waals surface area contributed by atoms with Gasteiger partial charge in [-0.3, -0.25) is 9.59 Å². The van der Waals surface area contributed by atoms with Gasteiger partial charge in [0.2, 0.25) is 0 Å². The van der Waals surface area contributed by atoms with E-state index in [1.807, 2.05) is 18.2 Å². The number of carbonyl (C=O) groups excluding carboxylic acids is 1. The van der Waals surface area contributed by atoms with E-state index in [0.29, 0.717) is 11.5 Å². The maximum Gasteiger partial charge on any atom is 0.323 e. The number of aromatic nitrogens is 3. The number of carboxylic acid groups (broad SMARTS) is 1. The first kappa shape index (κ1) is 29.2. The van der Waals surface area contributed by atoms with Gasteiger partial charge in [0, 0.05) is 26.2 Å². The number of fused-ring (bicyclic) bond motifs is 1. The topological polar surface area (TPSA) is 112 Å². The molecule has 0 spiro atoms. The van der Waals surface area contributed by atoms with Crippen LogP contribution >= 0.6 is 0 Å². The molecule has 1 aliphatic rings. The molecule has 3 heterocycles. The molecule has 1 amide bonds. The number of hydrogen-bond donors (Lipinski definition) is 2. The van der Waals surface area contributed by atoms with E-state index in [2.05, 4.69) is 68.8 Å². The minimum atomic E-state index is -1.06. The second kappa shape index (κ2) is 14.1. The molecule has 2 aromatic heterocycles. The van der Waals surface area contributed by atoms with Crippen molar-refractivity contribution < 1.29 is 19.4 Å². The highest BCUT2D eigenvalue weighted by Gasteiger charge is 2.25. The van der Waals surface area contributed by atoms with Crippen molar-refractivity contribution in [1.29, 1.82) is 0 Å². The van der Waals surface area contributed by atoms with Crippen molar-refractivity contribution in [2.24, 2.45) is 0 Å². The van der Waals surface area contributed by atoms with Gasteiger partial charge in [-0.1, -0.05) is 60.7 Å². The van der Waals surface area contributed by atoms with E-state index < -0.39 is 11.9 Å². The number of hydrogen-bond acceptors (Lipinski definition) is 7. The van der Waals surface area contributed by atoms with Crippen LogP contribution in [0.15, 0.2) is 79.0 Å². The average molecular weight is 571 g/mol. The summed E-state index contributed by atoms with van der Waals surface area (Å²) >= 11 is 0. The Hall–Kier alpha value is -4.28. The zero-order chi connectivity index (χ0) is 29.3. The van der Waals surface area contributed by atoms with Crippen molar-refractivity contribution in [3.63, 3.8) is 0 Å². The van der Waals surface area contributed by atoms with Crippen LogP contribution in [0, 0.1) is 0 Å². The maximum absolute atomic E-state index is 12.7. The van der Waals surface area contributed by atoms with E-state index in [9.17, 15) is 9.59 Å². The molecule has 2 N–H and O–H groups in total. The molecule has 1 saturated heterocycles. The van der Waals surface area contributed by atoms with Crippen molar-refractivity contribution in [1.82, 2.24) is 24.4 Å². The maximum atomic E-state index is 12.7. The zero-order valence-corrected chi connectivity index (χ0v) is 23.9. The number of carbonyl (C=O) groups is 2. The van der Waals surface area contributed by atoms with Crippen LogP contribution < -0.4 is 5.32 Å². The van der Waals surface area contributed by atoms with Gasteiger partial charge < -0.3 is 25.0 Å². The minimum absolute atomic E-state index is 0.0574. The Morgan fingerprint density at radius 1 is 1.02 bits per heavy atom. The molecule has 1 aliphatic heterocycles. The monoisotopic (exact) mass is 570 g/mol. The summed E-state index contributed by atoms with van der Waals surface area (Å²) in [5.41, 5.74) is 3.07. The molecule has 42 heavy (non-hydrogen) atoms. The molecule has 0 aliphatic carbocycles. The molecule has 4 aromatic rings. The van der Waals surface area contributed by atoms with Crippen molar-refractivity contribution in [3.8, 4) is 0 Å². The Kier molecular flexibility index (Phi) is 9.78. The van der Waals surface area contributed by atoms with E-state index in [-0.39, 0.29) is 31.0 Å². The van der Waals surface area contributed by atoms with Crippen molar-refractivity contribution in [2.45, 2.75) is 38.4 Å². The Morgan fingerprint density at radius 3 is 2.31 bits per heavy atom. The summed E-state index contributed by atoms with van der Waals surface area (Å²) in [5.74, 6) is -0.794. The Bertz CT molecular complexity index is 1410. The number of likely N-dealkylation sites (N-methyl/N-ethyl adjacent to an activating group) is 1. The van der Waals surface area contributed by atoms with Gasteiger partial charge in [-0.05, 0) is 56.0 Å². The van der Waals surface area contributed by atoms with Crippen LogP contribution in [0.1, 0.15) is 53.9 Å². The van der Waals surface area contributed by atoms with Gasteiger partial charge in [-0.15, -0.1) is 5.10 Å². The Morgan fingerprint density at radius 2 is 1.69 bits per heavy atom. The highest BCUT2D eigenvalue weighted by atomic mass is 16.5. The number of nitrogens with one attached hydrogen (secondary N) is 1. The lowest BCUT2D eigenvalue weighted by Crippen LogP contribution is -2.38. The molecule has 0 saturated carbocycles. The predicted octanol–water partition coefficient (Wildman–Crippen LogP) is 4.35. The van der Waals surface area contributed by atoms with Crippen LogP contribution in [0.5, 0.6) is 0 Å². The summed E-state index contributed by atoms with van der Waals surface area (Å²) in [4.78, 5) is 31.8. The van der Waals surface area contributed by atoms with E-state index in [1.165, 1.54) is 16.0 Å². The largest absolute Gasteiger partial charge is 0.480 e. The molecule has 0 atom stereocenters. The molecule has 0 radical (unpaired) electrons. The SMILES string of the molecule is CCN(CC(=O)O)C(=O)c1cn2nc(NCCCN3CCC(OC(c4ccccc4)c4ccccc4)CC3)ccc2n1. The molecule has 5 rings (SSSR count). The second-order valence-corrected chi connectivity index (χ2v) is 10.5. The molecule has 1 fully saturated rings. The van der Waals surface area contributed by atoms with Crippen LogP contribution in [0.2, 0.25) is 0 Å². The fourth-order valence-corrected chi connectivity index (χ4v) is 5.32. The summed E-state index contributed by atoms with van der Waals surface area (Å²) in [6.45, 7) is 5.42. The number of nitrogens with zero attached hydrogens (tertiary/aromatic N) is 5. The predicted molar refractivity (Wildman–Crippen MR) is 161 cm³/mol. The lowest BCUT2D eigenvalue weighted by atomic mass is 10.00. The highest BCUT2D eigenvalue weighted by Crippen LogP contribution is 2.30. The summed E-state index contributed by atoms with van der Waals surface area (Å²) in [6.07, 6.45) is 4.69. The molecule has 0 bridgehead atoms. The van der Waals surface area contributed by atoms with Gasteiger partial charge in [0.25, 0.3) is 5.91 Å². The summed E-state index contributed by atoms with van der Waals surface area (Å²) in [5, 5.41) is 16.9. The molecule has 10 nitrogen and oxygen atoms in total. The van der Waals surface area contributed by atoms with Gasteiger partial charge in [0.1, 0.15) is 24.2 Å². The number of aliphatic carboxylic acids is 1. The molecular formula is C32H38N6O4. The van der Waals surface area contributed by atoms with E-state index >= 15 is 0 Å².